The highest BCUT2D eigenvalue weighted by Gasteiger charge is 2.15. The van der Waals surface area contributed by atoms with E-state index in [4.69, 9.17) is 9.97 Å². The predicted molar refractivity (Wildman–Crippen MR) is 133 cm³/mol. The van der Waals surface area contributed by atoms with Crippen LogP contribution in [-0.4, -0.2) is 18.9 Å². The topological polar surface area (TPSA) is 69.3 Å². The molecule has 5 aromatic rings. The molecular formula is C26H22N4O2S. The van der Waals surface area contributed by atoms with Gasteiger partial charge < -0.3 is 0 Å². The maximum absolute atomic E-state index is 13.5. The van der Waals surface area contributed by atoms with Crippen molar-refractivity contribution in [2.75, 3.05) is 0 Å². The molecule has 0 aliphatic rings. The summed E-state index contributed by atoms with van der Waals surface area (Å²) in [6, 6.07) is 18.7. The summed E-state index contributed by atoms with van der Waals surface area (Å²) in [6.07, 6.45) is 1.72. The van der Waals surface area contributed by atoms with Crippen molar-refractivity contribution in [2.45, 2.75) is 31.7 Å². The highest BCUT2D eigenvalue weighted by atomic mass is 32.2. The van der Waals surface area contributed by atoms with E-state index in [1.54, 1.807) is 27.3 Å². The van der Waals surface area contributed by atoms with Crippen molar-refractivity contribution in [2.24, 2.45) is 0 Å². The lowest BCUT2D eigenvalue weighted by Crippen LogP contribution is -2.22. The zero-order chi connectivity index (χ0) is 23.1. The van der Waals surface area contributed by atoms with Crippen molar-refractivity contribution in [3.05, 3.63) is 110 Å². The van der Waals surface area contributed by atoms with E-state index < -0.39 is 0 Å². The lowest BCUT2D eigenvalue weighted by Gasteiger charge is -2.14. The number of hydrogen-bond acceptors (Lipinski definition) is 5. The van der Waals surface area contributed by atoms with Gasteiger partial charge in [0, 0.05) is 18.0 Å². The number of para-hydroxylation sites is 1. The van der Waals surface area contributed by atoms with Gasteiger partial charge >= 0.3 is 0 Å². The van der Waals surface area contributed by atoms with Crippen LogP contribution in [0, 0.1) is 20.8 Å². The Bertz CT molecular complexity index is 1630. The van der Waals surface area contributed by atoms with E-state index in [1.807, 2.05) is 63.2 Å². The number of nitrogens with zero attached hydrogens (tertiary/aromatic N) is 4. The third kappa shape index (κ3) is 3.96. The van der Waals surface area contributed by atoms with Crippen LogP contribution in [0.25, 0.3) is 22.2 Å². The van der Waals surface area contributed by atoms with Crippen LogP contribution in [0.3, 0.4) is 0 Å². The van der Waals surface area contributed by atoms with Crippen LogP contribution in [0.1, 0.15) is 22.4 Å². The van der Waals surface area contributed by atoms with Crippen LogP contribution < -0.4 is 11.1 Å². The molecule has 0 amide bonds. The van der Waals surface area contributed by atoms with Gasteiger partial charge in [-0.05, 0) is 67.8 Å². The Morgan fingerprint density at radius 1 is 0.879 bits per heavy atom. The van der Waals surface area contributed by atoms with Gasteiger partial charge in [0.15, 0.2) is 5.16 Å². The van der Waals surface area contributed by atoms with Crippen molar-refractivity contribution < 1.29 is 0 Å². The average Bonchev–Trinajstić information content (AvgIpc) is 2.78. The Morgan fingerprint density at radius 2 is 1.64 bits per heavy atom. The molecule has 5 rings (SSSR count). The van der Waals surface area contributed by atoms with E-state index in [2.05, 4.69) is 6.07 Å². The van der Waals surface area contributed by atoms with Crippen LogP contribution in [-0.2, 0) is 5.75 Å². The fraction of sp³-hybridized carbons (Fsp3) is 0.154. The Balaban J connectivity index is 1.64. The van der Waals surface area contributed by atoms with Crippen LogP contribution in [0.5, 0.6) is 0 Å². The third-order valence-corrected chi connectivity index (χ3v) is 6.47. The first-order valence-corrected chi connectivity index (χ1v) is 11.6. The molecule has 164 valence electrons. The molecule has 3 aromatic heterocycles. The molecule has 3 heterocycles. The summed E-state index contributed by atoms with van der Waals surface area (Å²) in [6.45, 7) is 5.95. The van der Waals surface area contributed by atoms with E-state index in [0.29, 0.717) is 33.2 Å². The molecule has 0 saturated heterocycles. The molecule has 0 bridgehead atoms. The predicted octanol–water partition coefficient (Wildman–Crippen LogP) is 4.61. The van der Waals surface area contributed by atoms with Crippen molar-refractivity contribution in [1.29, 1.82) is 0 Å². The minimum atomic E-state index is -0.127. The van der Waals surface area contributed by atoms with Gasteiger partial charge in [-0.25, -0.2) is 9.97 Å². The summed E-state index contributed by atoms with van der Waals surface area (Å²) < 4.78 is 3.20. The molecule has 0 unspecified atom stereocenters. The lowest BCUT2D eigenvalue weighted by molar-refractivity contribution is 0.817. The van der Waals surface area contributed by atoms with Gasteiger partial charge in [-0.2, -0.15) is 0 Å². The van der Waals surface area contributed by atoms with E-state index in [1.165, 1.54) is 11.8 Å². The van der Waals surface area contributed by atoms with Gasteiger partial charge in [-0.3, -0.25) is 18.6 Å². The number of rotatable bonds is 4. The van der Waals surface area contributed by atoms with Crippen molar-refractivity contribution in [3.8, 4) is 5.69 Å². The summed E-state index contributed by atoms with van der Waals surface area (Å²) in [7, 11) is 0. The molecule has 6 nitrogen and oxygen atoms in total. The molecule has 33 heavy (non-hydrogen) atoms. The van der Waals surface area contributed by atoms with Crippen LogP contribution in [0.4, 0.5) is 0 Å². The van der Waals surface area contributed by atoms with E-state index >= 15 is 0 Å². The zero-order valence-corrected chi connectivity index (χ0v) is 19.4. The van der Waals surface area contributed by atoms with Gasteiger partial charge in [-0.15, -0.1) is 0 Å². The molecule has 0 aliphatic heterocycles. The number of pyridine rings is 1. The largest absolute Gasteiger partial charge is 0.269 e. The van der Waals surface area contributed by atoms with E-state index in [9.17, 15) is 9.59 Å². The number of benzene rings is 2. The summed E-state index contributed by atoms with van der Waals surface area (Å²) in [4.78, 5) is 35.6. The van der Waals surface area contributed by atoms with Gasteiger partial charge in [0.05, 0.1) is 22.3 Å². The van der Waals surface area contributed by atoms with E-state index in [0.717, 1.165) is 22.4 Å². The summed E-state index contributed by atoms with van der Waals surface area (Å²) >= 11 is 1.40. The lowest BCUT2D eigenvalue weighted by atomic mass is 10.1. The van der Waals surface area contributed by atoms with Crippen LogP contribution >= 0.6 is 11.8 Å². The van der Waals surface area contributed by atoms with Crippen LogP contribution in [0.15, 0.2) is 81.6 Å². The first-order valence-electron chi connectivity index (χ1n) is 10.6. The fourth-order valence-electron chi connectivity index (χ4n) is 4.04. The second-order valence-electron chi connectivity index (χ2n) is 8.16. The molecule has 0 atom stereocenters. The van der Waals surface area contributed by atoms with Crippen molar-refractivity contribution in [3.63, 3.8) is 0 Å². The minimum absolute atomic E-state index is 0.115. The molecule has 0 N–H and O–H groups in total. The number of aromatic nitrogens is 4. The monoisotopic (exact) mass is 454 g/mol. The van der Waals surface area contributed by atoms with Crippen molar-refractivity contribution >= 4 is 28.3 Å². The normalized spacial score (nSPS) is 11.4. The molecule has 7 heteroatoms. The van der Waals surface area contributed by atoms with Gasteiger partial charge in [0.25, 0.3) is 11.1 Å². The van der Waals surface area contributed by atoms with Gasteiger partial charge in [-0.1, -0.05) is 36.0 Å². The van der Waals surface area contributed by atoms with E-state index in [-0.39, 0.29) is 11.1 Å². The molecule has 0 spiro atoms. The SMILES string of the molecule is Cc1cc(C)cc(-n2c(SCc3cc(=O)n4cccc(C)c4n3)nc3ccccc3c2=O)c1. The Hall–Kier alpha value is -3.71. The maximum atomic E-state index is 13.5. The van der Waals surface area contributed by atoms with Crippen molar-refractivity contribution in [1.82, 2.24) is 18.9 Å². The summed E-state index contributed by atoms with van der Waals surface area (Å²) in [5, 5.41) is 1.13. The number of thioether (sulfide) groups is 1. The molecule has 2 aromatic carbocycles. The van der Waals surface area contributed by atoms with Gasteiger partial charge in [0.2, 0.25) is 0 Å². The fourth-order valence-corrected chi connectivity index (χ4v) is 4.94. The first kappa shape index (κ1) is 21.2. The zero-order valence-electron chi connectivity index (χ0n) is 18.6. The molecule has 0 fully saturated rings. The number of fused-ring (bicyclic) bond motifs is 2. The van der Waals surface area contributed by atoms with Gasteiger partial charge in [0.1, 0.15) is 5.65 Å². The summed E-state index contributed by atoms with van der Waals surface area (Å²) in [5.74, 6) is 0.412. The highest BCUT2D eigenvalue weighted by molar-refractivity contribution is 7.98. The molecule has 0 radical (unpaired) electrons. The highest BCUT2D eigenvalue weighted by Crippen LogP contribution is 2.25. The molecular weight excluding hydrogens is 432 g/mol. The maximum Gasteiger partial charge on any atom is 0.266 e. The molecule has 0 saturated carbocycles. The first-order chi connectivity index (χ1) is 15.9. The standard InChI is InChI=1S/C26H22N4O2S/c1-16-11-17(2)13-20(12-16)30-25(32)21-8-4-5-9-22(21)28-26(30)33-15-19-14-23(31)29-10-6-7-18(3)24(29)27-19/h4-14H,15H2,1-3H3. The molecule has 0 aliphatic carbocycles. The number of aryl methyl sites for hydroxylation is 3. The third-order valence-electron chi connectivity index (χ3n) is 5.50. The Morgan fingerprint density at radius 3 is 2.42 bits per heavy atom. The smallest absolute Gasteiger partial charge is 0.266 e. The second kappa shape index (κ2) is 8.33. The minimum Gasteiger partial charge on any atom is -0.269 e. The second-order valence-corrected chi connectivity index (χ2v) is 9.10. The Labute approximate surface area is 194 Å². The summed E-state index contributed by atoms with van der Waals surface area (Å²) in [5.41, 5.74) is 5.54. The quantitative estimate of drug-likeness (QED) is 0.293. The number of hydrogen-bond donors (Lipinski definition) is 0. The Kier molecular flexibility index (Phi) is 5.34. The average molecular weight is 455 g/mol. The van der Waals surface area contributed by atoms with Crippen LogP contribution in [0.2, 0.25) is 0 Å².